The van der Waals surface area contributed by atoms with Gasteiger partial charge in [0.2, 0.25) is 5.91 Å². The molecule has 5 heterocycles. The third-order valence-electron chi connectivity index (χ3n) is 8.04. The fourth-order valence-corrected chi connectivity index (χ4v) is 7.16. The van der Waals surface area contributed by atoms with Crippen LogP contribution in [0.2, 0.25) is 5.02 Å². The van der Waals surface area contributed by atoms with Crippen LogP contribution in [0, 0.1) is 5.82 Å². The summed E-state index contributed by atoms with van der Waals surface area (Å²) in [6.45, 7) is 9.69. The molecule has 2 aliphatic rings. The van der Waals surface area contributed by atoms with E-state index in [9.17, 15) is 19.5 Å². The van der Waals surface area contributed by atoms with Crippen LogP contribution >= 0.6 is 22.9 Å². The second kappa shape index (κ2) is 10.5. The van der Waals surface area contributed by atoms with E-state index >= 15 is 4.39 Å². The van der Waals surface area contributed by atoms with Crippen LogP contribution in [0.3, 0.4) is 0 Å². The molecular formula is C30H28ClFN6O4S. The topological polar surface area (TPSA) is 112 Å². The highest BCUT2D eigenvalue weighted by Gasteiger charge is 2.46. The van der Waals surface area contributed by atoms with Gasteiger partial charge in [-0.05, 0) is 37.1 Å². The van der Waals surface area contributed by atoms with Crippen molar-refractivity contribution in [2.75, 3.05) is 29.9 Å². The summed E-state index contributed by atoms with van der Waals surface area (Å²) < 4.78 is 16.5. The lowest BCUT2D eigenvalue weighted by molar-refractivity contribution is -0.130. The Kier molecular flexibility index (Phi) is 7.01. The number of rotatable bonds is 4. The Morgan fingerprint density at radius 3 is 2.67 bits per heavy atom. The summed E-state index contributed by atoms with van der Waals surface area (Å²) in [4.78, 5) is 54.9. The number of phenols is 1. The predicted octanol–water partition coefficient (Wildman–Crippen LogP) is 4.70. The number of piperazine rings is 1. The summed E-state index contributed by atoms with van der Waals surface area (Å²) >= 11 is 8.01. The van der Waals surface area contributed by atoms with E-state index in [2.05, 4.69) is 11.6 Å². The van der Waals surface area contributed by atoms with Gasteiger partial charge >= 0.3 is 0 Å². The number of fused-ring (bicyclic) bond motifs is 5. The number of thiazole rings is 1. The van der Waals surface area contributed by atoms with Crippen LogP contribution in [0.1, 0.15) is 32.4 Å². The second-order valence-electron chi connectivity index (χ2n) is 11.0. The molecule has 6 rings (SSSR count). The molecule has 0 bridgehead atoms. The molecule has 3 aromatic heterocycles. The minimum atomic E-state index is -0.778. The van der Waals surface area contributed by atoms with Crippen LogP contribution in [0.4, 0.5) is 15.8 Å². The molecule has 1 aromatic carbocycles. The quantitative estimate of drug-likeness (QED) is 0.329. The Labute approximate surface area is 255 Å². The molecule has 222 valence electrons. The van der Waals surface area contributed by atoms with E-state index in [1.54, 1.807) is 16.5 Å². The van der Waals surface area contributed by atoms with Gasteiger partial charge in [-0.3, -0.25) is 14.4 Å². The number of benzene rings is 1. The fraction of sp³-hybridized carbons (Fsp3) is 0.300. The number of likely N-dealkylation sites (N-methyl/N-ethyl adjacent to an activating group) is 1. The monoisotopic (exact) mass is 622 g/mol. The number of hydrogen-bond donors (Lipinski definition) is 1. The largest absolute Gasteiger partial charge is 0.507 e. The molecule has 2 amide bonds. The van der Waals surface area contributed by atoms with Gasteiger partial charge in [0.25, 0.3) is 11.5 Å². The zero-order chi connectivity index (χ0) is 30.9. The van der Waals surface area contributed by atoms with Crippen LogP contribution < -0.4 is 15.4 Å². The summed E-state index contributed by atoms with van der Waals surface area (Å²) in [5.74, 6) is -1.78. The number of hydrogen-bond acceptors (Lipinski definition) is 8. The van der Waals surface area contributed by atoms with Crippen LogP contribution in [0.25, 0.3) is 27.3 Å². The molecule has 2 unspecified atom stereocenters. The molecule has 2 aliphatic heterocycles. The summed E-state index contributed by atoms with van der Waals surface area (Å²) in [7, 11) is 1.53. The number of amides is 2. The number of anilines is 2. The Hall–Kier alpha value is -4.29. The number of pyridine rings is 2. The minimum absolute atomic E-state index is 0.0401. The summed E-state index contributed by atoms with van der Waals surface area (Å²) in [6, 6.07) is 4.38. The molecule has 1 fully saturated rings. The van der Waals surface area contributed by atoms with E-state index in [1.165, 1.54) is 52.1 Å². The maximum atomic E-state index is 15.1. The number of aromatic nitrogens is 3. The molecule has 4 aromatic rings. The first-order chi connectivity index (χ1) is 20.5. The van der Waals surface area contributed by atoms with Crippen LogP contribution in [-0.4, -0.2) is 68.6 Å². The standard InChI is InChI=1S/C30H28ClFN6O4S/c1-6-21(40)36-12-19-28(41)35(5)26-25(37(19)11-15(36)4)16-10-17(31)24(22-18(32)8-7-9-20(22)39)34-27(16)38(29(26)42)30-23(14(2)3)33-13-43-30/h6-10,13-15,19,39H,1,11-12H2,2-5H3. The third-order valence-corrected chi connectivity index (χ3v) is 9.16. The van der Waals surface area contributed by atoms with Crippen molar-refractivity contribution in [3.8, 4) is 22.0 Å². The third kappa shape index (κ3) is 4.30. The normalized spacial score (nSPS) is 18.3. The Balaban J connectivity index is 1.72. The van der Waals surface area contributed by atoms with Gasteiger partial charge in [0.1, 0.15) is 28.3 Å². The predicted molar refractivity (Wildman–Crippen MR) is 165 cm³/mol. The summed E-state index contributed by atoms with van der Waals surface area (Å²) in [5, 5.41) is 11.6. The van der Waals surface area contributed by atoms with Gasteiger partial charge in [0.05, 0.1) is 39.7 Å². The summed E-state index contributed by atoms with van der Waals surface area (Å²) in [5.41, 5.74) is 2.25. The van der Waals surface area contributed by atoms with Crippen molar-refractivity contribution in [1.29, 1.82) is 0 Å². The van der Waals surface area contributed by atoms with Crippen LogP contribution in [0.15, 0.2) is 47.2 Å². The number of aromatic hydroxyl groups is 1. The highest BCUT2D eigenvalue weighted by Crippen LogP contribution is 2.45. The zero-order valence-electron chi connectivity index (χ0n) is 23.8. The Morgan fingerprint density at radius 1 is 1.26 bits per heavy atom. The van der Waals surface area contributed by atoms with Gasteiger partial charge in [0.15, 0.2) is 5.65 Å². The lowest BCUT2D eigenvalue weighted by atomic mass is 9.98. The minimum Gasteiger partial charge on any atom is -0.507 e. The van der Waals surface area contributed by atoms with E-state index < -0.39 is 17.4 Å². The maximum Gasteiger partial charge on any atom is 0.283 e. The molecule has 10 nitrogen and oxygen atoms in total. The van der Waals surface area contributed by atoms with Crippen molar-refractivity contribution in [2.24, 2.45) is 0 Å². The molecular weight excluding hydrogens is 595 g/mol. The Morgan fingerprint density at radius 2 is 2.00 bits per heavy atom. The van der Waals surface area contributed by atoms with Crippen molar-refractivity contribution < 1.29 is 19.1 Å². The first kappa shape index (κ1) is 28.8. The molecule has 0 radical (unpaired) electrons. The van der Waals surface area contributed by atoms with Crippen LogP contribution in [0.5, 0.6) is 5.75 Å². The number of halogens is 2. The van der Waals surface area contributed by atoms with E-state index in [-0.39, 0.29) is 70.2 Å². The molecule has 0 aliphatic carbocycles. The average molecular weight is 623 g/mol. The Bertz CT molecular complexity index is 1890. The molecule has 0 spiro atoms. The van der Waals surface area contributed by atoms with Gasteiger partial charge < -0.3 is 19.8 Å². The van der Waals surface area contributed by atoms with Gasteiger partial charge in [-0.2, -0.15) is 0 Å². The van der Waals surface area contributed by atoms with Crippen molar-refractivity contribution >= 4 is 57.2 Å². The van der Waals surface area contributed by atoms with Crippen molar-refractivity contribution in [3.05, 3.63) is 69.3 Å². The van der Waals surface area contributed by atoms with E-state index in [4.69, 9.17) is 16.6 Å². The number of nitrogens with zero attached hydrogens (tertiary/aromatic N) is 6. The number of phenolic OH excluding ortho intramolecular Hbond substituents is 1. The lowest BCUT2D eigenvalue weighted by Gasteiger charge is -2.49. The molecule has 2 atom stereocenters. The van der Waals surface area contributed by atoms with Gasteiger partial charge in [0, 0.05) is 25.0 Å². The number of carbonyl (C=O) groups excluding carboxylic acids is 2. The van der Waals surface area contributed by atoms with E-state index in [1.807, 2.05) is 25.7 Å². The van der Waals surface area contributed by atoms with Gasteiger partial charge in [-0.1, -0.05) is 38.1 Å². The summed E-state index contributed by atoms with van der Waals surface area (Å²) in [6.07, 6.45) is 1.22. The first-order valence-corrected chi connectivity index (χ1v) is 14.9. The van der Waals surface area contributed by atoms with Crippen molar-refractivity contribution in [2.45, 2.75) is 38.8 Å². The lowest BCUT2D eigenvalue weighted by Crippen LogP contribution is -2.66. The van der Waals surface area contributed by atoms with Gasteiger partial charge in [-0.15, -0.1) is 11.3 Å². The molecule has 13 heteroatoms. The fourth-order valence-electron chi connectivity index (χ4n) is 5.96. The first-order valence-electron chi connectivity index (χ1n) is 13.6. The molecule has 1 saturated heterocycles. The molecule has 43 heavy (non-hydrogen) atoms. The van der Waals surface area contributed by atoms with Gasteiger partial charge in [-0.25, -0.2) is 18.9 Å². The SMILES string of the molecule is C=CC(=O)N1CC2C(=O)N(C)c3c(c4cc(Cl)c(-c5c(O)cccc5F)nc4n(-c4scnc4C(C)C)c3=O)N2CC1C. The van der Waals surface area contributed by atoms with Crippen molar-refractivity contribution in [1.82, 2.24) is 19.4 Å². The second-order valence-corrected chi connectivity index (χ2v) is 12.2. The van der Waals surface area contributed by atoms with Crippen molar-refractivity contribution in [3.63, 3.8) is 0 Å². The highest BCUT2D eigenvalue weighted by molar-refractivity contribution is 7.12. The van der Waals surface area contributed by atoms with E-state index in [0.29, 0.717) is 21.8 Å². The number of carbonyl (C=O) groups is 2. The maximum absolute atomic E-state index is 15.1. The average Bonchev–Trinajstić information content (AvgIpc) is 3.45. The zero-order valence-corrected chi connectivity index (χ0v) is 25.4. The highest BCUT2D eigenvalue weighted by atomic mass is 35.5. The van der Waals surface area contributed by atoms with Crippen LogP contribution in [-0.2, 0) is 9.59 Å². The molecule has 0 saturated carbocycles. The smallest absolute Gasteiger partial charge is 0.283 e. The molecule has 1 N–H and O–H groups in total. The van der Waals surface area contributed by atoms with E-state index in [0.717, 1.165) is 0 Å².